The minimum atomic E-state index is -0.817. The van der Waals surface area contributed by atoms with Crippen molar-refractivity contribution < 1.29 is 28.7 Å². The second-order valence-corrected chi connectivity index (χ2v) is 7.73. The Balaban J connectivity index is 4.95. The van der Waals surface area contributed by atoms with Gasteiger partial charge < -0.3 is 30.7 Å². The van der Waals surface area contributed by atoms with E-state index in [0.29, 0.717) is 65.0 Å². The largest absolute Gasteiger partial charge is 0.379 e. The van der Waals surface area contributed by atoms with Crippen LogP contribution in [0.15, 0.2) is 50.6 Å². The van der Waals surface area contributed by atoms with Crippen LogP contribution in [0.3, 0.4) is 0 Å². The molecule has 0 unspecified atom stereocenters. The number of amides is 4. The number of hydrogen-bond donors (Lipinski definition) is 4. The van der Waals surface area contributed by atoms with E-state index in [9.17, 15) is 19.2 Å². The van der Waals surface area contributed by atoms with Gasteiger partial charge in [-0.2, -0.15) is 0 Å². The lowest BCUT2D eigenvalue weighted by molar-refractivity contribution is -0.121. The zero-order valence-electron chi connectivity index (χ0n) is 20.6. The van der Waals surface area contributed by atoms with E-state index in [1.54, 1.807) is 0 Å². The van der Waals surface area contributed by atoms with Gasteiger partial charge in [0.25, 0.3) is 0 Å². The third-order valence-electron chi connectivity index (χ3n) is 4.80. The highest BCUT2D eigenvalue weighted by Crippen LogP contribution is 2.17. The van der Waals surface area contributed by atoms with E-state index in [4.69, 9.17) is 9.47 Å². The van der Waals surface area contributed by atoms with E-state index in [-0.39, 0.29) is 36.8 Å². The number of unbranched alkanes of at least 4 members (excludes halogenated alkanes) is 1. The number of hydrogen-bond acceptors (Lipinski definition) is 6. The molecule has 10 nitrogen and oxygen atoms in total. The molecule has 0 aliphatic carbocycles. The maximum absolute atomic E-state index is 12.2. The Morgan fingerprint density at radius 3 is 1.40 bits per heavy atom. The molecule has 0 saturated carbocycles. The lowest BCUT2D eigenvalue weighted by atomic mass is 9.93. The highest BCUT2D eigenvalue weighted by molar-refractivity contribution is 5.88. The van der Waals surface area contributed by atoms with Crippen molar-refractivity contribution >= 4 is 23.6 Å². The van der Waals surface area contributed by atoms with Gasteiger partial charge in [-0.05, 0) is 56.4 Å². The third kappa shape index (κ3) is 16.9. The molecular weight excluding hydrogens is 452 g/mol. The van der Waals surface area contributed by atoms with E-state index in [1.807, 2.05) is 0 Å². The molecule has 0 heterocycles. The molecule has 0 aliphatic heterocycles. The van der Waals surface area contributed by atoms with Crippen LogP contribution in [0, 0.1) is 0 Å². The zero-order valence-corrected chi connectivity index (χ0v) is 20.6. The molecule has 0 aromatic carbocycles. The summed E-state index contributed by atoms with van der Waals surface area (Å²) in [5.74, 6) is -1.10. The second-order valence-electron chi connectivity index (χ2n) is 7.73. The van der Waals surface area contributed by atoms with Crippen LogP contribution < -0.4 is 21.3 Å². The molecule has 4 N–H and O–H groups in total. The maximum atomic E-state index is 12.2. The minimum absolute atomic E-state index is 0.189. The molecule has 0 saturated heterocycles. The normalized spacial score (nSPS) is 10.5. The standard InChI is InChI=1S/C25H40N4O6/c1-5-21(30)26-14-10-9-13-25(29-24(33)8-4,19-34-17-11-15-27-22(31)6-2)20-35-18-12-16-28-23(32)7-3/h5-8H,1-4,9-20H2,(H,26,30)(H,27,31)(H,28,32)(H,29,33). The first-order valence-corrected chi connectivity index (χ1v) is 11.6. The monoisotopic (exact) mass is 492 g/mol. The molecular formula is C25H40N4O6. The van der Waals surface area contributed by atoms with E-state index in [2.05, 4.69) is 47.6 Å². The van der Waals surface area contributed by atoms with Crippen molar-refractivity contribution in [3.8, 4) is 0 Å². The van der Waals surface area contributed by atoms with Crippen LogP contribution >= 0.6 is 0 Å². The Kier molecular flexibility index (Phi) is 18.3. The zero-order chi connectivity index (χ0) is 26.4. The van der Waals surface area contributed by atoms with Gasteiger partial charge in [-0.15, -0.1) is 0 Å². The van der Waals surface area contributed by atoms with Gasteiger partial charge in [0, 0.05) is 32.8 Å². The summed E-state index contributed by atoms with van der Waals surface area (Å²) in [7, 11) is 0. The lowest BCUT2D eigenvalue weighted by Crippen LogP contribution is -2.55. The summed E-state index contributed by atoms with van der Waals surface area (Å²) in [5, 5.41) is 11.0. The van der Waals surface area contributed by atoms with Crippen molar-refractivity contribution in [2.24, 2.45) is 0 Å². The Labute approximate surface area is 208 Å². The summed E-state index contributed by atoms with van der Waals surface area (Å²) in [5.41, 5.74) is -0.817. The highest BCUT2D eigenvalue weighted by atomic mass is 16.5. The van der Waals surface area contributed by atoms with E-state index < -0.39 is 5.54 Å². The quantitative estimate of drug-likeness (QED) is 0.131. The van der Waals surface area contributed by atoms with Crippen LogP contribution in [-0.4, -0.2) is 75.2 Å². The van der Waals surface area contributed by atoms with Gasteiger partial charge in [-0.1, -0.05) is 26.3 Å². The summed E-state index contributed by atoms with van der Waals surface area (Å²) >= 11 is 0. The van der Waals surface area contributed by atoms with Gasteiger partial charge in [-0.3, -0.25) is 19.2 Å². The van der Waals surface area contributed by atoms with Crippen molar-refractivity contribution in [1.29, 1.82) is 0 Å². The summed E-state index contributed by atoms with van der Waals surface area (Å²) in [6.45, 7) is 16.2. The van der Waals surface area contributed by atoms with Crippen molar-refractivity contribution in [3.63, 3.8) is 0 Å². The summed E-state index contributed by atoms with van der Waals surface area (Å²) in [6.07, 6.45) is 7.89. The smallest absolute Gasteiger partial charge is 0.243 e. The SMILES string of the molecule is C=CC(=O)NCCCCC(COCCCNC(=O)C=C)(COCCCNC(=O)C=C)NC(=O)C=C. The van der Waals surface area contributed by atoms with Gasteiger partial charge in [0.2, 0.25) is 23.6 Å². The predicted molar refractivity (Wildman–Crippen MR) is 135 cm³/mol. The molecule has 0 aromatic heterocycles. The number of nitrogens with one attached hydrogen (secondary N) is 4. The number of carbonyl (C=O) groups excluding carboxylic acids is 4. The van der Waals surface area contributed by atoms with Crippen LogP contribution in [0.25, 0.3) is 0 Å². The average molecular weight is 493 g/mol. The van der Waals surface area contributed by atoms with Gasteiger partial charge in [0.15, 0.2) is 0 Å². The molecule has 0 aromatic rings. The topological polar surface area (TPSA) is 135 Å². The predicted octanol–water partition coefficient (Wildman–Crippen LogP) is 0.918. The molecule has 0 spiro atoms. The van der Waals surface area contributed by atoms with Crippen LogP contribution in [0.1, 0.15) is 32.1 Å². The van der Waals surface area contributed by atoms with Crippen LogP contribution in [0.4, 0.5) is 0 Å². The van der Waals surface area contributed by atoms with Gasteiger partial charge in [-0.25, -0.2) is 0 Å². The van der Waals surface area contributed by atoms with E-state index >= 15 is 0 Å². The molecule has 10 heteroatoms. The molecule has 0 aliphatic rings. The molecule has 196 valence electrons. The number of carbonyl (C=O) groups is 4. The maximum Gasteiger partial charge on any atom is 0.243 e. The van der Waals surface area contributed by atoms with Gasteiger partial charge in [0.1, 0.15) is 0 Å². The average Bonchev–Trinajstić information content (AvgIpc) is 2.86. The highest BCUT2D eigenvalue weighted by Gasteiger charge is 2.32. The van der Waals surface area contributed by atoms with Crippen molar-refractivity contribution in [2.45, 2.75) is 37.6 Å². The Hall–Kier alpha value is -3.24. The fraction of sp³-hybridized carbons (Fsp3) is 0.520. The molecule has 0 radical (unpaired) electrons. The number of rotatable bonds is 22. The fourth-order valence-corrected chi connectivity index (χ4v) is 2.96. The molecule has 4 amide bonds. The third-order valence-corrected chi connectivity index (χ3v) is 4.80. The summed E-state index contributed by atoms with van der Waals surface area (Å²) in [6, 6.07) is 0. The summed E-state index contributed by atoms with van der Waals surface area (Å²) < 4.78 is 11.7. The summed E-state index contributed by atoms with van der Waals surface area (Å²) in [4.78, 5) is 46.0. The van der Waals surface area contributed by atoms with Crippen molar-refractivity contribution in [1.82, 2.24) is 21.3 Å². The second kappa shape index (κ2) is 20.2. The van der Waals surface area contributed by atoms with Crippen LogP contribution in [-0.2, 0) is 28.7 Å². The molecule has 0 bridgehead atoms. The first-order valence-electron chi connectivity index (χ1n) is 11.6. The molecule has 0 fully saturated rings. The first-order chi connectivity index (χ1) is 16.8. The Bertz CT molecular complexity index is 691. The Morgan fingerprint density at radius 1 is 0.600 bits per heavy atom. The Morgan fingerprint density at radius 2 is 1.00 bits per heavy atom. The van der Waals surface area contributed by atoms with E-state index in [1.165, 1.54) is 24.3 Å². The first kappa shape index (κ1) is 31.8. The minimum Gasteiger partial charge on any atom is -0.379 e. The lowest BCUT2D eigenvalue weighted by Gasteiger charge is -2.34. The van der Waals surface area contributed by atoms with E-state index in [0.717, 1.165) is 0 Å². The van der Waals surface area contributed by atoms with Crippen molar-refractivity contribution in [2.75, 3.05) is 46.1 Å². The van der Waals surface area contributed by atoms with Crippen LogP contribution in [0.5, 0.6) is 0 Å². The molecule has 0 atom stereocenters. The van der Waals surface area contributed by atoms with Crippen molar-refractivity contribution in [3.05, 3.63) is 50.6 Å². The van der Waals surface area contributed by atoms with Gasteiger partial charge >= 0.3 is 0 Å². The fourth-order valence-electron chi connectivity index (χ4n) is 2.96. The number of ether oxygens (including phenoxy) is 2. The van der Waals surface area contributed by atoms with Crippen LogP contribution in [0.2, 0.25) is 0 Å². The molecule has 35 heavy (non-hydrogen) atoms. The molecule has 0 rings (SSSR count). The van der Waals surface area contributed by atoms with Gasteiger partial charge in [0.05, 0.1) is 18.8 Å².